The Morgan fingerprint density at radius 3 is 2.61 bits per heavy atom. The van der Waals surface area contributed by atoms with Gasteiger partial charge in [0.25, 0.3) is 0 Å². The van der Waals surface area contributed by atoms with Crippen LogP contribution in [0.4, 0.5) is 0 Å². The lowest BCUT2D eigenvalue weighted by atomic mass is 9.90. The Hall–Kier alpha value is -0.100. The highest BCUT2D eigenvalue weighted by molar-refractivity contribution is 9.09. The SMILES string of the molecule is CC1CC(OCC2CCC(Br)CC2)NC(C2=C(O)CCCC2)N1. The molecule has 3 N–H and O–H groups in total. The summed E-state index contributed by atoms with van der Waals surface area (Å²) in [5.41, 5.74) is 1.15. The van der Waals surface area contributed by atoms with Crippen molar-refractivity contribution in [3.63, 3.8) is 0 Å². The van der Waals surface area contributed by atoms with E-state index >= 15 is 0 Å². The number of aliphatic hydroxyl groups excluding tert-OH is 1. The molecule has 3 aliphatic rings. The van der Waals surface area contributed by atoms with E-state index in [1.165, 1.54) is 32.1 Å². The van der Waals surface area contributed by atoms with E-state index in [-0.39, 0.29) is 12.4 Å². The molecule has 23 heavy (non-hydrogen) atoms. The molecular weight excluding hydrogens is 356 g/mol. The van der Waals surface area contributed by atoms with E-state index in [1.807, 2.05) is 0 Å². The van der Waals surface area contributed by atoms with E-state index in [0.717, 1.165) is 37.9 Å². The van der Waals surface area contributed by atoms with Gasteiger partial charge in [-0.1, -0.05) is 15.9 Å². The van der Waals surface area contributed by atoms with E-state index in [4.69, 9.17) is 4.74 Å². The zero-order valence-corrected chi connectivity index (χ0v) is 15.8. The second kappa shape index (κ2) is 8.32. The first kappa shape index (κ1) is 17.7. The van der Waals surface area contributed by atoms with Gasteiger partial charge in [-0.15, -0.1) is 0 Å². The van der Waals surface area contributed by atoms with Crippen molar-refractivity contribution in [2.45, 2.75) is 88.0 Å². The van der Waals surface area contributed by atoms with E-state index in [0.29, 0.717) is 22.5 Å². The third-order valence-corrected chi connectivity index (χ3v) is 6.43. The molecule has 0 amide bonds. The molecule has 0 spiro atoms. The maximum absolute atomic E-state index is 10.2. The minimum absolute atomic E-state index is 0.0716. The van der Waals surface area contributed by atoms with Crippen molar-refractivity contribution in [2.24, 2.45) is 5.92 Å². The molecule has 5 heteroatoms. The van der Waals surface area contributed by atoms with Crippen LogP contribution in [-0.2, 0) is 4.74 Å². The predicted octanol–water partition coefficient (Wildman–Crippen LogP) is 3.97. The largest absolute Gasteiger partial charge is 0.512 e. The number of ether oxygens (including phenoxy) is 1. The zero-order valence-electron chi connectivity index (χ0n) is 14.2. The van der Waals surface area contributed by atoms with E-state index in [2.05, 4.69) is 33.5 Å². The van der Waals surface area contributed by atoms with Crippen molar-refractivity contribution in [3.05, 3.63) is 11.3 Å². The molecule has 0 aromatic carbocycles. The van der Waals surface area contributed by atoms with Crippen LogP contribution in [0.3, 0.4) is 0 Å². The summed E-state index contributed by atoms with van der Waals surface area (Å²) in [5, 5.41) is 17.4. The highest BCUT2D eigenvalue weighted by Gasteiger charge is 2.31. The van der Waals surface area contributed by atoms with E-state index in [1.54, 1.807) is 0 Å². The molecule has 1 saturated carbocycles. The van der Waals surface area contributed by atoms with Gasteiger partial charge in [0.15, 0.2) is 0 Å². The summed E-state index contributed by atoms with van der Waals surface area (Å²) >= 11 is 3.72. The van der Waals surface area contributed by atoms with Gasteiger partial charge in [-0.2, -0.15) is 0 Å². The van der Waals surface area contributed by atoms with Crippen LogP contribution < -0.4 is 10.6 Å². The van der Waals surface area contributed by atoms with Gasteiger partial charge in [-0.3, -0.25) is 10.6 Å². The monoisotopic (exact) mass is 386 g/mol. The van der Waals surface area contributed by atoms with E-state index in [9.17, 15) is 5.11 Å². The lowest BCUT2D eigenvalue weighted by Gasteiger charge is -2.39. The summed E-state index contributed by atoms with van der Waals surface area (Å²) in [6.07, 6.45) is 10.3. The van der Waals surface area contributed by atoms with Crippen LogP contribution in [0.2, 0.25) is 0 Å². The van der Waals surface area contributed by atoms with Crippen molar-refractivity contribution >= 4 is 15.9 Å². The molecule has 3 unspecified atom stereocenters. The molecule has 3 atom stereocenters. The van der Waals surface area contributed by atoms with Gasteiger partial charge in [0.05, 0.1) is 18.5 Å². The smallest absolute Gasteiger partial charge is 0.111 e. The zero-order chi connectivity index (χ0) is 16.2. The number of hydrogen-bond acceptors (Lipinski definition) is 4. The van der Waals surface area contributed by atoms with Crippen LogP contribution in [-0.4, -0.2) is 35.0 Å². The summed E-state index contributed by atoms with van der Waals surface area (Å²) in [6.45, 7) is 3.07. The Morgan fingerprint density at radius 2 is 1.87 bits per heavy atom. The maximum atomic E-state index is 10.2. The maximum Gasteiger partial charge on any atom is 0.111 e. The van der Waals surface area contributed by atoms with Gasteiger partial charge < -0.3 is 9.84 Å². The molecule has 0 aromatic rings. The van der Waals surface area contributed by atoms with Crippen molar-refractivity contribution in [3.8, 4) is 0 Å². The third-order valence-electron chi connectivity index (χ3n) is 5.51. The Kier molecular flexibility index (Phi) is 6.41. The molecular formula is C18H31BrN2O2. The van der Waals surface area contributed by atoms with Gasteiger partial charge in [-0.25, -0.2) is 0 Å². The number of nitrogens with one attached hydrogen (secondary N) is 2. The predicted molar refractivity (Wildman–Crippen MR) is 96.7 cm³/mol. The van der Waals surface area contributed by atoms with Gasteiger partial charge >= 0.3 is 0 Å². The summed E-state index contributed by atoms with van der Waals surface area (Å²) in [7, 11) is 0. The fourth-order valence-electron chi connectivity index (χ4n) is 4.06. The Labute approximate surface area is 148 Å². The molecule has 4 nitrogen and oxygen atoms in total. The Bertz CT molecular complexity index is 421. The number of allylic oxidation sites excluding steroid dienone is 1. The molecule has 0 aromatic heterocycles. The second-order valence-electron chi connectivity index (χ2n) is 7.52. The topological polar surface area (TPSA) is 53.5 Å². The van der Waals surface area contributed by atoms with Crippen molar-refractivity contribution in [1.82, 2.24) is 10.6 Å². The number of aliphatic hydroxyl groups is 1. The average molecular weight is 387 g/mol. The van der Waals surface area contributed by atoms with Crippen LogP contribution in [0.1, 0.15) is 64.7 Å². The normalized spacial score (nSPS) is 39.5. The highest BCUT2D eigenvalue weighted by Crippen LogP contribution is 2.30. The van der Waals surface area contributed by atoms with Crippen LogP contribution >= 0.6 is 15.9 Å². The van der Waals surface area contributed by atoms with Gasteiger partial charge in [0, 0.05) is 23.7 Å². The van der Waals surface area contributed by atoms with Crippen molar-refractivity contribution in [2.75, 3.05) is 6.61 Å². The summed E-state index contributed by atoms with van der Waals surface area (Å²) < 4.78 is 6.21. The minimum Gasteiger partial charge on any atom is -0.512 e. The second-order valence-corrected chi connectivity index (χ2v) is 8.82. The highest BCUT2D eigenvalue weighted by atomic mass is 79.9. The first-order chi connectivity index (χ1) is 11.1. The number of hydrogen-bond donors (Lipinski definition) is 3. The number of rotatable bonds is 4. The van der Waals surface area contributed by atoms with E-state index < -0.39 is 0 Å². The molecule has 1 aliphatic heterocycles. The summed E-state index contributed by atoms with van der Waals surface area (Å²) in [4.78, 5) is 0.710. The molecule has 0 bridgehead atoms. The summed E-state index contributed by atoms with van der Waals surface area (Å²) in [5.74, 6) is 1.29. The summed E-state index contributed by atoms with van der Waals surface area (Å²) in [6, 6.07) is 0.409. The standard InChI is InChI=1S/C18H31BrN2O2/c1-12-10-17(23-11-13-6-8-14(19)9-7-13)21-18(20-12)15-4-2-3-5-16(15)22/h12-14,17-18,20-22H,2-11H2,1H3. The van der Waals surface area contributed by atoms with Crippen LogP contribution in [0.15, 0.2) is 11.3 Å². The molecule has 1 saturated heterocycles. The molecule has 132 valence electrons. The average Bonchev–Trinajstić information content (AvgIpc) is 2.54. The quantitative estimate of drug-likeness (QED) is 0.639. The molecule has 0 radical (unpaired) electrons. The van der Waals surface area contributed by atoms with Gasteiger partial charge in [0.1, 0.15) is 6.23 Å². The fraction of sp³-hybridized carbons (Fsp3) is 0.889. The first-order valence-corrected chi connectivity index (χ1v) is 10.2. The first-order valence-electron chi connectivity index (χ1n) is 9.30. The number of halogens is 1. The Morgan fingerprint density at radius 1 is 1.13 bits per heavy atom. The molecule has 2 aliphatic carbocycles. The van der Waals surface area contributed by atoms with Gasteiger partial charge in [0.2, 0.25) is 0 Å². The third kappa shape index (κ3) is 4.94. The van der Waals surface area contributed by atoms with Crippen molar-refractivity contribution in [1.29, 1.82) is 0 Å². The van der Waals surface area contributed by atoms with Crippen LogP contribution in [0.5, 0.6) is 0 Å². The van der Waals surface area contributed by atoms with Crippen LogP contribution in [0.25, 0.3) is 0 Å². The lowest BCUT2D eigenvalue weighted by molar-refractivity contribution is -0.0291. The van der Waals surface area contributed by atoms with Crippen molar-refractivity contribution < 1.29 is 9.84 Å². The number of alkyl halides is 1. The molecule has 2 fully saturated rings. The molecule has 1 heterocycles. The Balaban J connectivity index is 1.51. The lowest BCUT2D eigenvalue weighted by Crippen LogP contribution is -2.59. The van der Waals surface area contributed by atoms with Crippen LogP contribution in [0, 0.1) is 5.92 Å². The molecule has 3 rings (SSSR count). The van der Waals surface area contributed by atoms with Gasteiger partial charge in [-0.05, 0) is 63.4 Å². The minimum atomic E-state index is 0.0716. The fourth-order valence-corrected chi connectivity index (χ4v) is 4.59.